The third-order valence-corrected chi connectivity index (χ3v) is 2.35. The molecule has 0 atom stereocenters. The van der Waals surface area contributed by atoms with E-state index < -0.39 is 5.97 Å². The summed E-state index contributed by atoms with van der Waals surface area (Å²) in [6.45, 7) is 0.616. The molecule has 0 saturated carbocycles. The summed E-state index contributed by atoms with van der Waals surface area (Å²) in [5.74, 6) is -0.552. The molecule has 1 aromatic heterocycles. The Kier molecular flexibility index (Phi) is 4.19. The maximum absolute atomic E-state index is 12.8. The van der Waals surface area contributed by atoms with Gasteiger partial charge < -0.3 is 14.8 Å². The molecule has 2 rings (SSSR count). The van der Waals surface area contributed by atoms with Gasteiger partial charge >= 0.3 is 5.97 Å². The van der Waals surface area contributed by atoms with Gasteiger partial charge in [0.1, 0.15) is 5.82 Å². The zero-order valence-electron chi connectivity index (χ0n) is 9.97. The van der Waals surface area contributed by atoms with Gasteiger partial charge in [0.2, 0.25) is 11.8 Å². The van der Waals surface area contributed by atoms with Crippen LogP contribution in [0.2, 0.25) is 0 Å². The summed E-state index contributed by atoms with van der Waals surface area (Å²) in [6, 6.07) is 5.71. The van der Waals surface area contributed by atoms with E-state index >= 15 is 0 Å². The molecule has 0 aliphatic heterocycles. The number of carboxylic acids is 1. The molecule has 0 fully saturated rings. The lowest BCUT2D eigenvalue weighted by atomic mass is 10.2. The molecule has 0 spiro atoms. The second kappa shape index (κ2) is 6.05. The van der Waals surface area contributed by atoms with Crippen LogP contribution in [0.25, 0.3) is 11.5 Å². The van der Waals surface area contributed by atoms with Gasteiger partial charge in [-0.15, -0.1) is 10.2 Å². The Morgan fingerprint density at radius 3 is 2.74 bits per heavy atom. The lowest BCUT2D eigenvalue weighted by Gasteiger charge is -1.97. The van der Waals surface area contributed by atoms with Gasteiger partial charge in [-0.25, -0.2) is 4.39 Å². The number of aliphatic carboxylic acids is 1. The number of nitrogens with zero attached hydrogens (tertiary/aromatic N) is 2. The molecule has 0 amide bonds. The molecule has 0 bridgehead atoms. The van der Waals surface area contributed by atoms with Crippen molar-refractivity contribution in [2.45, 2.75) is 13.0 Å². The van der Waals surface area contributed by atoms with E-state index in [4.69, 9.17) is 9.52 Å². The van der Waals surface area contributed by atoms with E-state index in [1.54, 1.807) is 12.1 Å². The van der Waals surface area contributed by atoms with E-state index in [1.807, 2.05) is 0 Å². The number of carbonyl (C=O) groups is 1. The summed E-state index contributed by atoms with van der Waals surface area (Å²) in [6.07, 6.45) is 0.0267. The predicted octanol–water partition coefficient (Wildman–Crippen LogP) is 1.44. The second-order valence-electron chi connectivity index (χ2n) is 3.83. The van der Waals surface area contributed by atoms with Crippen LogP contribution in [0.5, 0.6) is 0 Å². The Bertz CT molecular complexity index is 554. The quantitative estimate of drug-likeness (QED) is 0.768. The first kappa shape index (κ1) is 13.2. The molecule has 1 heterocycles. The summed E-state index contributed by atoms with van der Waals surface area (Å²) >= 11 is 0. The highest BCUT2D eigenvalue weighted by molar-refractivity contribution is 5.66. The highest BCUT2D eigenvalue weighted by Gasteiger charge is 2.08. The average Bonchev–Trinajstić information content (AvgIpc) is 2.84. The molecule has 1 aromatic carbocycles. The molecule has 0 aliphatic carbocycles. The molecule has 19 heavy (non-hydrogen) atoms. The fraction of sp³-hybridized carbons (Fsp3) is 0.250. The van der Waals surface area contributed by atoms with Gasteiger partial charge in [-0.2, -0.15) is 0 Å². The van der Waals surface area contributed by atoms with Gasteiger partial charge in [0.25, 0.3) is 0 Å². The minimum absolute atomic E-state index is 0.0267. The maximum atomic E-state index is 12.8. The maximum Gasteiger partial charge on any atom is 0.304 e. The molecule has 7 heteroatoms. The largest absolute Gasteiger partial charge is 0.481 e. The molecule has 100 valence electrons. The summed E-state index contributed by atoms with van der Waals surface area (Å²) in [4.78, 5) is 10.3. The summed E-state index contributed by atoms with van der Waals surface area (Å²) < 4.78 is 18.1. The fourth-order valence-electron chi connectivity index (χ4n) is 1.42. The minimum atomic E-state index is -0.870. The standard InChI is InChI=1S/C12H12FN3O3/c13-9-3-1-8(2-4-9)12-16-15-10(19-12)7-14-6-5-11(17)18/h1-4,14H,5-7H2,(H,17,18). The van der Waals surface area contributed by atoms with Crippen molar-refractivity contribution >= 4 is 5.97 Å². The van der Waals surface area contributed by atoms with Crippen molar-refractivity contribution in [3.8, 4) is 11.5 Å². The highest BCUT2D eigenvalue weighted by Crippen LogP contribution is 2.17. The monoisotopic (exact) mass is 265 g/mol. The van der Waals surface area contributed by atoms with E-state index in [-0.39, 0.29) is 12.2 Å². The third kappa shape index (κ3) is 3.85. The van der Waals surface area contributed by atoms with Crippen LogP contribution in [0.3, 0.4) is 0 Å². The van der Waals surface area contributed by atoms with E-state index in [2.05, 4.69) is 15.5 Å². The topological polar surface area (TPSA) is 88.2 Å². The highest BCUT2D eigenvalue weighted by atomic mass is 19.1. The fourth-order valence-corrected chi connectivity index (χ4v) is 1.42. The first-order valence-electron chi connectivity index (χ1n) is 5.66. The van der Waals surface area contributed by atoms with Crippen LogP contribution < -0.4 is 5.32 Å². The first-order valence-corrected chi connectivity index (χ1v) is 5.66. The van der Waals surface area contributed by atoms with E-state index in [1.165, 1.54) is 12.1 Å². The van der Waals surface area contributed by atoms with Crippen LogP contribution in [-0.2, 0) is 11.3 Å². The Morgan fingerprint density at radius 1 is 1.32 bits per heavy atom. The van der Waals surface area contributed by atoms with Crippen LogP contribution in [0.15, 0.2) is 28.7 Å². The second-order valence-corrected chi connectivity index (χ2v) is 3.83. The van der Waals surface area contributed by atoms with Crippen molar-refractivity contribution in [2.75, 3.05) is 6.54 Å². The Hall–Kier alpha value is -2.28. The molecular formula is C12H12FN3O3. The summed E-state index contributed by atoms with van der Waals surface area (Å²) in [5.41, 5.74) is 0.630. The number of halogens is 1. The molecule has 0 saturated heterocycles. The Balaban J connectivity index is 1.91. The number of aromatic nitrogens is 2. The normalized spacial score (nSPS) is 10.6. The SMILES string of the molecule is O=C(O)CCNCc1nnc(-c2ccc(F)cc2)o1. The zero-order chi connectivity index (χ0) is 13.7. The minimum Gasteiger partial charge on any atom is -0.481 e. The number of rotatable bonds is 6. The summed E-state index contributed by atoms with van der Waals surface area (Å²) in [5, 5.41) is 19.0. The molecule has 6 nitrogen and oxygen atoms in total. The van der Waals surface area contributed by atoms with Gasteiger partial charge in [-0.3, -0.25) is 4.79 Å². The van der Waals surface area contributed by atoms with Crippen molar-refractivity contribution in [2.24, 2.45) is 0 Å². The number of hydrogen-bond donors (Lipinski definition) is 2. The van der Waals surface area contributed by atoms with Crippen LogP contribution in [0.1, 0.15) is 12.3 Å². The van der Waals surface area contributed by atoms with Crippen molar-refractivity contribution in [1.29, 1.82) is 0 Å². The van der Waals surface area contributed by atoms with Crippen molar-refractivity contribution < 1.29 is 18.7 Å². The molecule has 0 aliphatic rings. The van der Waals surface area contributed by atoms with Crippen molar-refractivity contribution in [1.82, 2.24) is 15.5 Å². The average molecular weight is 265 g/mol. The van der Waals surface area contributed by atoms with E-state index in [0.29, 0.717) is 30.4 Å². The number of benzene rings is 1. The zero-order valence-corrected chi connectivity index (χ0v) is 9.97. The number of hydrogen-bond acceptors (Lipinski definition) is 5. The lowest BCUT2D eigenvalue weighted by Crippen LogP contribution is -2.17. The Morgan fingerprint density at radius 2 is 2.05 bits per heavy atom. The van der Waals surface area contributed by atoms with Crippen LogP contribution in [0.4, 0.5) is 4.39 Å². The Labute approximate surface area is 108 Å². The predicted molar refractivity (Wildman–Crippen MR) is 63.7 cm³/mol. The van der Waals surface area contributed by atoms with Crippen molar-refractivity contribution in [3.63, 3.8) is 0 Å². The third-order valence-electron chi connectivity index (χ3n) is 2.35. The van der Waals surface area contributed by atoms with Crippen LogP contribution in [0, 0.1) is 5.82 Å². The van der Waals surface area contributed by atoms with Crippen LogP contribution in [-0.4, -0.2) is 27.8 Å². The summed E-state index contributed by atoms with van der Waals surface area (Å²) in [7, 11) is 0. The number of carboxylic acid groups (broad SMARTS) is 1. The van der Waals surface area contributed by atoms with Gasteiger partial charge in [-0.05, 0) is 24.3 Å². The van der Waals surface area contributed by atoms with E-state index in [9.17, 15) is 9.18 Å². The smallest absolute Gasteiger partial charge is 0.304 e. The van der Waals surface area contributed by atoms with E-state index in [0.717, 1.165) is 0 Å². The van der Waals surface area contributed by atoms with Crippen molar-refractivity contribution in [3.05, 3.63) is 36.0 Å². The van der Waals surface area contributed by atoms with Crippen LogP contribution >= 0.6 is 0 Å². The molecule has 2 N–H and O–H groups in total. The van der Waals surface area contributed by atoms with Gasteiger partial charge in [0.15, 0.2) is 0 Å². The lowest BCUT2D eigenvalue weighted by molar-refractivity contribution is -0.136. The first-order chi connectivity index (χ1) is 9.15. The van der Waals surface area contributed by atoms with Gasteiger partial charge in [-0.1, -0.05) is 0 Å². The van der Waals surface area contributed by atoms with Gasteiger partial charge in [0, 0.05) is 12.1 Å². The molecular weight excluding hydrogens is 253 g/mol. The van der Waals surface area contributed by atoms with Gasteiger partial charge in [0.05, 0.1) is 13.0 Å². The number of nitrogens with one attached hydrogen (secondary N) is 1. The molecule has 0 unspecified atom stereocenters. The molecule has 0 radical (unpaired) electrons. The molecule has 2 aromatic rings.